The Labute approximate surface area is 79.9 Å². The van der Waals surface area contributed by atoms with Crippen molar-refractivity contribution in [2.75, 3.05) is 0 Å². The third kappa shape index (κ3) is 2.97. The Bertz CT molecular complexity index is 153. The molecule has 1 unspecified atom stereocenters. The molecule has 1 atom stereocenters. The van der Waals surface area contributed by atoms with Crippen molar-refractivity contribution in [1.29, 1.82) is 0 Å². The largest absolute Gasteiger partial charge is 0.376 e. The van der Waals surface area contributed by atoms with Gasteiger partial charge in [-0.3, -0.25) is 0 Å². The Morgan fingerprint density at radius 2 is 2.00 bits per heavy atom. The second kappa shape index (κ2) is 4.65. The van der Waals surface area contributed by atoms with Crippen molar-refractivity contribution in [2.45, 2.75) is 45.1 Å². The van der Waals surface area contributed by atoms with Gasteiger partial charge >= 0.3 is 0 Å². The molecule has 0 aromatic rings. The molecule has 0 bridgehead atoms. The van der Waals surface area contributed by atoms with Gasteiger partial charge in [-0.15, -0.1) is 0 Å². The standard InChI is InChI=1S/C9H18N2S/c1-7(11-9(10)12)8-5-3-2-4-6-8/h7-8H,2-6H2,1H3,(H3,10,11,12). The average Bonchev–Trinajstić information content (AvgIpc) is 2.05. The van der Waals surface area contributed by atoms with Gasteiger partial charge in [-0.05, 0) is 37.9 Å². The lowest BCUT2D eigenvalue weighted by molar-refractivity contribution is 0.302. The Morgan fingerprint density at radius 1 is 1.42 bits per heavy atom. The van der Waals surface area contributed by atoms with E-state index in [1.807, 2.05) is 0 Å². The van der Waals surface area contributed by atoms with Gasteiger partial charge in [-0.1, -0.05) is 19.3 Å². The molecule has 12 heavy (non-hydrogen) atoms. The van der Waals surface area contributed by atoms with Crippen molar-refractivity contribution in [1.82, 2.24) is 5.32 Å². The van der Waals surface area contributed by atoms with Gasteiger partial charge in [0.05, 0.1) is 0 Å². The second-order valence-corrected chi connectivity index (χ2v) is 4.14. The summed E-state index contributed by atoms with van der Waals surface area (Å²) < 4.78 is 0. The first-order chi connectivity index (χ1) is 5.70. The molecule has 3 heteroatoms. The van der Waals surface area contributed by atoms with Gasteiger partial charge in [-0.25, -0.2) is 0 Å². The number of rotatable bonds is 2. The van der Waals surface area contributed by atoms with Crippen LogP contribution in [0.15, 0.2) is 0 Å². The summed E-state index contributed by atoms with van der Waals surface area (Å²) in [6.45, 7) is 2.18. The Hall–Kier alpha value is -0.310. The van der Waals surface area contributed by atoms with E-state index in [2.05, 4.69) is 12.2 Å². The predicted octanol–water partition coefficient (Wildman–Crippen LogP) is 1.79. The lowest BCUT2D eigenvalue weighted by Gasteiger charge is -2.28. The van der Waals surface area contributed by atoms with Crippen molar-refractivity contribution in [3.63, 3.8) is 0 Å². The number of thiocarbonyl (C=S) groups is 1. The molecule has 0 saturated heterocycles. The van der Waals surface area contributed by atoms with Crippen LogP contribution in [0.2, 0.25) is 0 Å². The van der Waals surface area contributed by atoms with Gasteiger partial charge in [0.1, 0.15) is 0 Å². The van der Waals surface area contributed by atoms with E-state index < -0.39 is 0 Å². The topological polar surface area (TPSA) is 38.0 Å². The first kappa shape index (κ1) is 9.78. The van der Waals surface area contributed by atoms with E-state index in [9.17, 15) is 0 Å². The molecule has 0 radical (unpaired) electrons. The van der Waals surface area contributed by atoms with Gasteiger partial charge in [0.25, 0.3) is 0 Å². The molecule has 1 aliphatic rings. The van der Waals surface area contributed by atoms with Crippen molar-refractivity contribution in [3.05, 3.63) is 0 Å². The van der Waals surface area contributed by atoms with E-state index in [0.717, 1.165) is 5.92 Å². The molecule has 2 nitrogen and oxygen atoms in total. The fourth-order valence-corrected chi connectivity index (χ4v) is 2.16. The predicted molar refractivity (Wildman–Crippen MR) is 56.0 cm³/mol. The summed E-state index contributed by atoms with van der Waals surface area (Å²) in [7, 11) is 0. The summed E-state index contributed by atoms with van der Waals surface area (Å²) in [6, 6.07) is 0.461. The highest BCUT2D eigenvalue weighted by atomic mass is 32.1. The van der Waals surface area contributed by atoms with Crippen LogP contribution < -0.4 is 11.1 Å². The van der Waals surface area contributed by atoms with E-state index in [-0.39, 0.29) is 0 Å². The quantitative estimate of drug-likeness (QED) is 0.646. The highest BCUT2D eigenvalue weighted by Gasteiger charge is 2.19. The second-order valence-electron chi connectivity index (χ2n) is 3.70. The first-order valence-electron chi connectivity index (χ1n) is 4.76. The minimum atomic E-state index is 0.438. The minimum absolute atomic E-state index is 0.438. The number of hydrogen-bond acceptors (Lipinski definition) is 1. The lowest BCUT2D eigenvalue weighted by atomic mass is 9.85. The number of nitrogens with one attached hydrogen (secondary N) is 1. The molecular weight excluding hydrogens is 168 g/mol. The monoisotopic (exact) mass is 186 g/mol. The maximum absolute atomic E-state index is 5.42. The van der Waals surface area contributed by atoms with Crippen LogP contribution in [0.25, 0.3) is 0 Å². The lowest BCUT2D eigenvalue weighted by Crippen LogP contribution is -2.41. The maximum Gasteiger partial charge on any atom is 0.163 e. The molecular formula is C9H18N2S. The molecule has 0 amide bonds. The Morgan fingerprint density at radius 3 is 2.50 bits per heavy atom. The molecule has 1 fully saturated rings. The van der Waals surface area contributed by atoms with Gasteiger partial charge in [0.15, 0.2) is 5.11 Å². The minimum Gasteiger partial charge on any atom is -0.376 e. The van der Waals surface area contributed by atoms with Crippen LogP contribution in [0.1, 0.15) is 39.0 Å². The van der Waals surface area contributed by atoms with Crippen molar-refractivity contribution in [3.8, 4) is 0 Å². The third-order valence-corrected chi connectivity index (χ3v) is 2.84. The van der Waals surface area contributed by atoms with E-state index in [0.29, 0.717) is 11.2 Å². The van der Waals surface area contributed by atoms with Gasteiger partial charge in [-0.2, -0.15) is 0 Å². The van der Waals surface area contributed by atoms with Crippen molar-refractivity contribution >= 4 is 17.3 Å². The van der Waals surface area contributed by atoms with Gasteiger partial charge < -0.3 is 11.1 Å². The molecule has 0 heterocycles. The summed E-state index contributed by atoms with van der Waals surface area (Å²) in [5, 5.41) is 3.56. The molecule has 0 spiro atoms. The molecule has 1 saturated carbocycles. The van der Waals surface area contributed by atoms with E-state index in [4.69, 9.17) is 18.0 Å². The highest BCUT2D eigenvalue weighted by Crippen LogP contribution is 2.26. The molecule has 1 rings (SSSR count). The van der Waals surface area contributed by atoms with Crippen LogP contribution in [-0.4, -0.2) is 11.2 Å². The molecule has 70 valence electrons. The molecule has 1 aliphatic carbocycles. The molecule has 0 aromatic heterocycles. The zero-order valence-electron chi connectivity index (χ0n) is 7.68. The summed E-state index contributed by atoms with van der Waals surface area (Å²) >= 11 is 4.81. The van der Waals surface area contributed by atoms with E-state index in [1.54, 1.807) is 0 Å². The molecule has 0 aliphatic heterocycles. The Balaban J connectivity index is 2.29. The SMILES string of the molecule is CC(NC(N)=S)C1CCCCC1. The summed E-state index contributed by atoms with van der Waals surface area (Å²) in [5.41, 5.74) is 5.42. The van der Waals surface area contributed by atoms with Crippen LogP contribution in [0, 0.1) is 5.92 Å². The van der Waals surface area contributed by atoms with Crippen LogP contribution in [0.4, 0.5) is 0 Å². The average molecular weight is 186 g/mol. The Kier molecular flexibility index (Phi) is 3.79. The van der Waals surface area contributed by atoms with Crippen LogP contribution in [0.3, 0.4) is 0 Å². The smallest absolute Gasteiger partial charge is 0.163 e. The van der Waals surface area contributed by atoms with Gasteiger partial charge in [0.2, 0.25) is 0 Å². The number of nitrogens with two attached hydrogens (primary N) is 1. The molecule has 0 aromatic carbocycles. The van der Waals surface area contributed by atoms with Crippen LogP contribution >= 0.6 is 12.2 Å². The fraction of sp³-hybridized carbons (Fsp3) is 0.889. The third-order valence-electron chi connectivity index (χ3n) is 2.73. The molecule has 3 N–H and O–H groups in total. The fourth-order valence-electron chi connectivity index (χ4n) is 1.98. The van der Waals surface area contributed by atoms with E-state index >= 15 is 0 Å². The normalized spacial score (nSPS) is 21.8. The van der Waals surface area contributed by atoms with Crippen LogP contribution in [0.5, 0.6) is 0 Å². The van der Waals surface area contributed by atoms with Crippen molar-refractivity contribution in [2.24, 2.45) is 11.7 Å². The summed E-state index contributed by atoms with van der Waals surface area (Å²) in [6.07, 6.45) is 6.80. The summed E-state index contributed by atoms with van der Waals surface area (Å²) in [5.74, 6) is 0.778. The first-order valence-corrected chi connectivity index (χ1v) is 5.17. The van der Waals surface area contributed by atoms with E-state index in [1.165, 1.54) is 32.1 Å². The zero-order valence-corrected chi connectivity index (χ0v) is 8.49. The van der Waals surface area contributed by atoms with Gasteiger partial charge in [0, 0.05) is 6.04 Å². The number of hydrogen-bond donors (Lipinski definition) is 2. The summed E-state index contributed by atoms with van der Waals surface area (Å²) in [4.78, 5) is 0. The van der Waals surface area contributed by atoms with Crippen LogP contribution in [-0.2, 0) is 0 Å². The zero-order chi connectivity index (χ0) is 8.97. The van der Waals surface area contributed by atoms with Crippen molar-refractivity contribution < 1.29 is 0 Å². The highest BCUT2D eigenvalue weighted by molar-refractivity contribution is 7.80. The maximum atomic E-state index is 5.42.